The molecule has 0 unspecified atom stereocenters. The summed E-state index contributed by atoms with van der Waals surface area (Å²) in [6, 6.07) is 3.81. The fourth-order valence-corrected chi connectivity index (χ4v) is 2.66. The number of hydrogen-bond acceptors (Lipinski definition) is 5. The Kier molecular flexibility index (Phi) is 4.61. The molecule has 106 valence electrons. The number of nitrogens with zero attached hydrogens (tertiary/aromatic N) is 1. The SMILES string of the molecule is COCc1ccc([C@@H]2CCCN2[C@@H](C)C(=O)OC)o1. The van der Waals surface area contributed by atoms with Gasteiger partial charge in [-0.1, -0.05) is 0 Å². The molecule has 2 rings (SSSR count). The van der Waals surface area contributed by atoms with E-state index in [4.69, 9.17) is 13.9 Å². The van der Waals surface area contributed by atoms with Crippen molar-refractivity contribution in [1.29, 1.82) is 0 Å². The van der Waals surface area contributed by atoms with E-state index in [1.165, 1.54) is 7.11 Å². The van der Waals surface area contributed by atoms with E-state index < -0.39 is 0 Å². The van der Waals surface area contributed by atoms with Gasteiger partial charge in [-0.05, 0) is 38.4 Å². The van der Waals surface area contributed by atoms with Gasteiger partial charge in [0.15, 0.2) is 0 Å². The minimum Gasteiger partial charge on any atom is -0.468 e. The van der Waals surface area contributed by atoms with Crippen molar-refractivity contribution in [2.75, 3.05) is 20.8 Å². The summed E-state index contributed by atoms with van der Waals surface area (Å²) < 4.78 is 15.7. The first-order valence-corrected chi connectivity index (χ1v) is 6.58. The number of furan rings is 1. The fraction of sp³-hybridized carbons (Fsp3) is 0.643. The molecule has 1 aliphatic heterocycles. The van der Waals surface area contributed by atoms with Crippen LogP contribution in [0.3, 0.4) is 0 Å². The average Bonchev–Trinajstić information content (AvgIpc) is 3.05. The Bertz CT molecular complexity index is 429. The van der Waals surface area contributed by atoms with Crippen LogP contribution in [0.4, 0.5) is 0 Å². The van der Waals surface area contributed by atoms with Crippen LogP contribution in [-0.4, -0.2) is 37.7 Å². The molecule has 2 atom stereocenters. The lowest BCUT2D eigenvalue weighted by molar-refractivity contribution is -0.146. The molecule has 0 amide bonds. The maximum Gasteiger partial charge on any atom is 0.322 e. The maximum absolute atomic E-state index is 11.7. The Balaban J connectivity index is 2.11. The van der Waals surface area contributed by atoms with Gasteiger partial charge < -0.3 is 13.9 Å². The lowest BCUT2D eigenvalue weighted by Crippen LogP contribution is -2.39. The molecule has 1 aliphatic rings. The van der Waals surface area contributed by atoms with Crippen molar-refractivity contribution < 1.29 is 18.7 Å². The number of carbonyl (C=O) groups excluding carboxylic acids is 1. The molecule has 0 spiro atoms. The molecule has 5 nitrogen and oxygen atoms in total. The number of carbonyl (C=O) groups is 1. The van der Waals surface area contributed by atoms with Gasteiger partial charge >= 0.3 is 5.97 Å². The predicted molar refractivity (Wildman–Crippen MR) is 69.6 cm³/mol. The van der Waals surface area contributed by atoms with E-state index in [1.807, 2.05) is 19.1 Å². The normalized spacial score (nSPS) is 21.5. The quantitative estimate of drug-likeness (QED) is 0.765. The maximum atomic E-state index is 11.7. The molecule has 0 saturated carbocycles. The first-order valence-electron chi connectivity index (χ1n) is 6.58. The van der Waals surface area contributed by atoms with Gasteiger partial charge in [-0.3, -0.25) is 9.69 Å². The minimum atomic E-state index is -0.242. The van der Waals surface area contributed by atoms with E-state index in [9.17, 15) is 4.79 Å². The molecule has 0 radical (unpaired) electrons. The van der Waals surface area contributed by atoms with Crippen LogP contribution in [-0.2, 0) is 20.9 Å². The molecule has 1 aromatic heterocycles. The summed E-state index contributed by atoms with van der Waals surface area (Å²) in [5.41, 5.74) is 0. The van der Waals surface area contributed by atoms with Crippen molar-refractivity contribution in [2.24, 2.45) is 0 Å². The molecule has 2 heterocycles. The summed E-state index contributed by atoms with van der Waals surface area (Å²) in [6.45, 7) is 3.24. The Hall–Kier alpha value is -1.33. The van der Waals surface area contributed by atoms with Gasteiger partial charge in [0.25, 0.3) is 0 Å². The van der Waals surface area contributed by atoms with E-state index in [2.05, 4.69) is 4.90 Å². The Morgan fingerprint density at radius 3 is 3.00 bits per heavy atom. The van der Waals surface area contributed by atoms with Gasteiger partial charge in [0.2, 0.25) is 0 Å². The van der Waals surface area contributed by atoms with E-state index in [-0.39, 0.29) is 18.1 Å². The van der Waals surface area contributed by atoms with Crippen LogP contribution >= 0.6 is 0 Å². The molecule has 19 heavy (non-hydrogen) atoms. The number of rotatable bonds is 5. The number of methoxy groups -OCH3 is 2. The van der Waals surface area contributed by atoms with Gasteiger partial charge in [0.1, 0.15) is 24.2 Å². The summed E-state index contributed by atoms with van der Waals surface area (Å²) in [5.74, 6) is 1.52. The van der Waals surface area contributed by atoms with Crippen LogP contribution < -0.4 is 0 Å². The topological polar surface area (TPSA) is 51.9 Å². The lowest BCUT2D eigenvalue weighted by Gasteiger charge is -2.27. The number of hydrogen-bond donors (Lipinski definition) is 0. The van der Waals surface area contributed by atoms with Gasteiger partial charge in [0, 0.05) is 7.11 Å². The van der Waals surface area contributed by atoms with E-state index in [1.54, 1.807) is 7.11 Å². The van der Waals surface area contributed by atoms with Crippen molar-refractivity contribution in [2.45, 2.75) is 38.5 Å². The monoisotopic (exact) mass is 267 g/mol. The van der Waals surface area contributed by atoms with Crippen LogP contribution in [0, 0.1) is 0 Å². The molecule has 5 heteroatoms. The van der Waals surface area contributed by atoms with E-state index in [0.717, 1.165) is 30.9 Å². The third-order valence-corrected chi connectivity index (χ3v) is 3.63. The highest BCUT2D eigenvalue weighted by Crippen LogP contribution is 2.34. The van der Waals surface area contributed by atoms with Crippen LogP contribution in [0.25, 0.3) is 0 Å². The molecule has 0 aliphatic carbocycles. The molecule has 1 fully saturated rings. The second kappa shape index (κ2) is 6.21. The van der Waals surface area contributed by atoms with Crippen molar-refractivity contribution >= 4 is 5.97 Å². The van der Waals surface area contributed by atoms with Gasteiger partial charge in [-0.25, -0.2) is 0 Å². The van der Waals surface area contributed by atoms with E-state index >= 15 is 0 Å². The van der Waals surface area contributed by atoms with Gasteiger partial charge in [-0.2, -0.15) is 0 Å². The molecular formula is C14H21NO4. The zero-order chi connectivity index (χ0) is 13.8. The van der Waals surface area contributed by atoms with Crippen LogP contribution in [0.2, 0.25) is 0 Å². The lowest BCUT2D eigenvalue weighted by atomic mass is 10.1. The van der Waals surface area contributed by atoms with Crippen LogP contribution in [0.5, 0.6) is 0 Å². The second-order valence-corrected chi connectivity index (χ2v) is 4.83. The molecule has 1 saturated heterocycles. The Morgan fingerprint density at radius 1 is 1.53 bits per heavy atom. The largest absolute Gasteiger partial charge is 0.468 e. The Morgan fingerprint density at radius 2 is 2.32 bits per heavy atom. The molecule has 0 N–H and O–H groups in total. The third-order valence-electron chi connectivity index (χ3n) is 3.63. The first-order chi connectivity index (χ1) is 9.17. The van der Waals surface area contributed by atoms with Crippen LogP contribution in [0.1, 0.15) is 37.3 Å². The summed E-state index contributed by atoms with van der Waals surface area (Å²) in [5, 5.41) is 0. The van der Waals surface area contributed by atoms with Gasteiger partial charge in [-0.15, -0.1) is 0 Å². The third kappa shape index (κ3) is 2.98. The number of likely N-dealkylation sites (tertiary alicyclic amines) is 1. The summed E-state index contributed by atoms with van der Waals surface area (Å²) in [6.07, 6.45) is 2.06. The summed E-state index contributed by atoms with van der Waals surface area (Å²) in [4.78, 5) is 13.8. The molecule has 0 aromatic carbocycles. The number of ether oxygens (including phenoxy) is 2. The van der Waals surface area contributed by atoms with Crippen molar-refractivity contribution in [3.8, 4) is 0 Å². The highest BCUT2D eigenvalue weighted by Gasteiger charge is 2.35. The minimum absolute atomic E-state index is 0.153. The smallest absolute Gasteiger partial charge is 0.322 e. The highest BCUT2D eigenvalue weighted by molar-refractivity contribution is 5.75. The van der Waals surface area contributed by atoms with E-state index in [0.29, 0.717) is 6.61 Å². The Labute approximate surface area is 113 Å². The molecule has 1 aromatic rings. The number of esters is 1. The summed E-state index contributed by atoms with van der Waals surface area (Å²) >= 11 is 0. The van der Waals surface area contributed by atoms with Crippen molar-refractivity contribution in [3.63, 3.8) is 0 Å². The molecule has 0 bridgehead atoms. The second-order valence-electron chi connectivity index (χ2n) is 4.83. The van der Waals surface area contributed by atoms with Crippen molar-refractivity contribution in [1.82, 2.24) is 4.90 Å². The van der Waals surface area contributed by atoms with Crippen LogP contribution in [0.15, 0.2) is 16.5 Å². The average molecular weight is 267 g/mol. The first kappa shape index (κ1) is 14.1. The zero-order valence-corrected chi connectivity index (χ0v) is 11.7. The molecular weight excluding hydrogens is 246 g/mol. The van der Waals surface area contributed by atoms with Crippen molar-refractivity contribution in [3.05, 3.63) is 23.7 Å². The summed E-state index contributed by atoms with van der Waals surface area (Å²) in [7, 11) is 3.07. The fourth-order valence-electron chi connectivity index (χ4n) is 2.66. The zero-order valence-electron chi connectivity index (χ0n) is 11.7. The standard InChI is InChI=1S/C14H21NO4/c1-10(14(16)18-3)15-8-4-5-12(15)13-7-6-11(19-13)9-17-2/h6-7,10,12H,4-5,8-9H2,1-3H3/t10-,12-/m0/s1. The highest BCUT2D eigenvalue weighted by atomic mass is 16.5. The predicted octanol–water partition coefficient (Wildman–Crippen LogP) is 2.12. The van der Waals surface area contributed by atoms with Gasteiger partial charge in [0.05, 0.1) is 13.2 Å².